The second kappa shape index (κ2) is 4.93. The van der Waals surface area contributed by atoms with Crippen molar-refractivity contribution in [2.45, 2.75) is 50.9 Å². The first-order valence-corrected chi connectivity index (χ1v) is 8.64. The summed E-state index contributed by atoms with van der Waals surface area (Å²) in [4.78, 5) is 0. The monoisotopic (exact) mass is 297 g/mol. The third kappa shape index (κ3) is 2.34. The van der Waals surface area contributed by atoms with Crippen LogP contribution in [0.25, 0.3) is 0 Å². The highest BCUT2D eigenvalue weighted by atomic mass is 32.2. The summed E-state index contributed by atoms with van der Waals surface area (Å²) in [6.07, 6.45) is 4.07. The average molecular weight is 297 g/mol. The number of thiol groups is 1. The topological polar surface area (TPSA) is 59.0 Å². The molecule has 2 N–H and O–H groups in total. The molecule has 1 aromatic rings. The smallest absolute Gasteiger partial charge is 0.147 e. The van der Waals surface area contributed by atoms with Crippen LogP contribution in [0.15, 0.2) is 12.3 Å². The van der Waals surface area contributed by atoms with Gasteiger partial charge >= 0.3 is 0 Å². The number of nitrogens with one attached hydrogen (secondary N) is 2. The first kappa shape index (κ1) is 14.2. The molecule has 0 bridgehead atoms. The molecule has 2 aliphatic rings. The third-order valence-electron chi connectivity index (χ3n) is 4.58. The molecule has 3 rings (SSSR count). The van der Waals surface area contributed by atoms with E-state index in [4.69, 9.17) is 0 Å². The van der Waals surface area contributed by atoms with E-state index in [9.17, 15) is 4.21 Å². The predicted molar refractivity (Wildman–Crippen MR) is 81.8 cm³/mol. The quantitative estimate of drug-likeness (QED) is 0.639. The lowest BCUT2D eigenvalue weighted by Crippen LogP contribution is -2.46. The summed E-state index contributed by atoms with van der Waals surface area (Å²) in [5, 5.41) is 7.86. The molecule has 112 valence electrons. The summed E-state index contributed by atoms with van der Waals surface area (Å²) in [7, 11) is -1.45. The molecular formula is C14H25N4OS+. The first-order chi connectivity index (χ1) is 9.42. The fraction of sp³-hybridized carbons (Fsp3) is 0.786. The van der Waals surface area contributed by atoms with Crippen LogP contribution in [0.2, 0.25) is 0 Å². The second-order valence-corrected chi connectivity index (χ2v) is 9.24. The largest absolute Gasteiger partial charge is 0.317 e. The van der Waals surface area contributed by atoms with E-state index < -0.39 is 11.0 Å². The van der Waals surface area contributed by atoms with E-state index in [1.54, 1.807) is 0 Å². The molecule has 1 fully saturated rings. The van der Waals surface area contributed by atoms with Gasteiger partial charge in [0, 0.05) is 18.2 Å². The molecule has 1 spiro atoms. The first-order valence-electron chi connectivity index (χ1n) is 7.38. The molecule has 0 amide bonds. The zero-order valence-electron chi connectivity index (χ0n) is 12.5. The maximum Gasteiger partial charge on any atom is 0.147 e. The minimum Gasteiger partial charge on any atom is -0.317 e. The van der Waals surface area contributed by atoms with E-state index in [0.717, 1.165) is 32.5 Å². The standard InChI is InChI=1S/C14H24N4OS/c1-13(2,3)20(19)17-12-11-4-7-16-18(11)10-14(12)5-8-15-9-6-14/h4,7,12,15H,5-6,8-10H2,1-3H3,(H,17,19)/p+1/t12-,20?/m1/s1. The van der Waals surface area contributed by atoms with Crippen LogP contribution < -0.4 is 10.0 Å². The molecule has 0 aromatic carbocycles. The van der Waals surface area contributed by atoms with Gasteiger partial charge in [0.25, 0.3) is 0 Å². The number of aromatic nitrogens is 2. The van der Waals surface area contributed by atoms with Gasteiger partial charge in [-0.15, -0.1) is 4.72 Å². The molecular weight excluding hydrogens is 272 g/mol. The van der Waals surface area contributed by atoms with Gasteiger partial charge in [0.05, 0.1) is 5.69 Å². The molecule has 1 aromatic heterocycles. The Balaban J connectivity index is 1.89. The molecule has 6 heteroatoms. The highest BCUT2D eigenvalue weighted by molar-refractivity contribution is 7.84. The van der Waals surface area contributed by atoms with Crippen molar-refractivity contribution in [1.29, 1.82) is 0 Å². The van der Waals surface area contributed by atoms with Gasteiger partial charge in [-0.25, -0.2) is 0 Å². The van der Waals surface area contributed by atoms with Crippen LogP contribution in [-0.2, 0) is 21.7 Å². The Morgan fingerprint density at radius 2 is 2.15 bits per heavy atom. The molecule has 0 saturated carbocycles. The van der Waals surface area contributed by atoms with Gasteiger partial charge in [-0.2, -0.15) is 5.10 Å². The Bertz CT molecular complexity index is 513. The van der Waals surface area contributed by atoms with Crippen LogP contribution >= 0.6 is 0 Å². The van der Waals surface area contributed by atoms with Gasteiger partial charge in [-0.05, 0) is 52.8 Å². The fourth-order valence-electron chi connectivity index (χ4n) is 3.31. The van der Waals surface area contributed by atoms with Gasteiger partial charge in [0.15, 0.2) is 0 Å². The third-order valence-corrected chi connectivity index (χ3v) is 6.29. The normalized spacial score (nSPS) is 26.6. The second-order valence-electron chi connectivity index (χ2n) is 7.05. The van der Waals surface area contributed by atoms with Crippen molar-refractivity contribution in [3.8, 4) is 0 Å². The lowest BCUT2D eigenvalue weighted by molar-refractivity contribution is 0.150. The van der Waals surface area contributed by atoms with Crippen LogP contribution in [0, 0.1) is 5.41 Å². The van der Waals surface area contributed by atoms with Gasteiger partial charge in [-0.1, -0.05) is 4.21 Å². The van der Waals surface area contributed by atoms with Crippen molar-refractivity contribution >= 4 is 11.0 Å². The highest BCUT2D eigenvalue weighted by Crippen LogP contribution is 2.48. The van der Waals surface area contributed by atoms with E-state index in [-0.39, 0.29) is 16.2 Å². The fourth-order valence-corrected chi connectivity index (χ4v) is 4.34. The van der Waals surface area contributed by atoms with Crippen molar-refractivity contribution in [2.75, 3.05) is 13.1 Å². The maximum atomic E-state index is 12.6. The minimum atomic E-state index is -1.45. The molecule has 3 heterocycles. The van der Waals surface area contributed by atoms with Gasteiger partial charge in [0.1, 0.15) is 21.8 Å². The molecule has 1 saturated heterocycles. The van der Waals surface area contributed by atoms with Crippen LogP contribution in [0.4, 0.5) is 0 Å². The van der Waals surface area contributed by atoms with Crippen molar-refractivity contribution in [2.24, 2.45) is 5.41 Å². The Hall–Kier alpha value is -0.720. The molecule has 1 unspecified atom stereocenters. The molecule has 5 nitrogen and oxygen atoms in total. The van der Waals surface area contributed by atoms with Crippen LogP contribution in [-0.4, -0.2) is 27.6 Å². The number of hydrogen-bond donors (Lipinski definition) is 2. The van der Waals surface area contributed by atoms with E-state index in [1.807, 2.05) is 27.0 Å². The van der Waals surface area contributed by atoms with Crippen molar-refractivity contribution in [3.63, 3.8) is 0 Å². The Morgan fingerprint density at radius 3 is 2.80 bits per heavy atom. The van der Waals surface area contributed by atoms with Crippen LogP contribution in [0.3, 0.4) is 0 Å². The number of piperidine rings is 1. The van der Waals surface area contributed by atoms with E-state index in [1.165, 1.54) is 5.69 Å². The summed E-state index contributed by atoms with van der Waals surface area (Å²) in [5.41, 5.74) is 1.37. The summed E-state index contributed by atoms with van der Waals surface area (Å²) in [5.74, 6) is 0. The molecule has 20 heavy (non-hydrogen) atoms. The van der Waals surface area contributed by atoms with Gasteiger partial charge < -0.3 is 5.32 Å². The van der Waals surface area contributed by atoms with E-state index in [0.29, 0.717) is 0 Å². The van der Waals surface area contributed by atoms with Crippen molar-refractivity contribution in [1.82, 2.24) is 19.8 Å². The van der Waals surface area contributed by atoms with E-state index >= 15 is 0 Å². The lowest BCUT2D eigenvalue weighted by Gasteiger charge is -2.37. The Labute approximate surface area is 123 Å². The van der Waals surface area contributed by atoms with E-state index in [2.05, 4.69) is 25.9 Å². The molecule has 2 aliphatic heterocycles. The summed E-state index contributed by atoms with van der Waals surface area (Å²) >= 11 is 0. The number of hydrogen-bond acceptors (Lipinski definition) is 3. The lowest BCUT2D eigenvalue weighted by atomic mass is 9.74. The number of rotatable bonds is 2. The minimum absolute atomic E-state index is 0.162. The Kier molecular flexibility index (Phi) is 3.51. The predicted octanol–water partition coefficient (Wildman–Crippen LogP) is 1.31. The van der Waals surface area contributed by atoms with Crippen molar-refractivity contribution < 1.29 is 4.21 Å². The zero-order chi connectivity index (χ0) is 14.4. The SMILES string of the molecule is CC(C)(C)[SH+](=O)N[C@@H]1c2ccnn2CC12CCNCC2. The Morgan fingerprint density at radius 1 is 1.45 bits per heavy atom. The van der Waals surface area contributed by atoms with Crippen LogP contribution in [0.5, 0.6) is 0 Å². The average Bonchev–Trinajstić information content (AvgIpc) is 2.91. The highest BCUT2D eigenvalue weighted by Gasteiger charge is 2.50. The molecule has 0 radical (unpaired) electrons. The van der Waals surface area contributed by atoms with Gasteiger partial charge in [-0.3, -0.25) is 4.68 Å². The van der Waals surface area contributed by atoms with Crippen molar-refractivity contribution in [3.05, 3.63) is 18.0 Å². The zero-order valence-corrected chi connectivity index (χ0v) is 13.4. The number of nitrogens with zero attached hydrogens (tertiary/aromatic N) is 2. The summed E-state index contributed by atoms with van der Waals surface area (Å²) < 4.78 is 17.9. The van der Waals surface area contributed by atoms with Gasteiger partial charge in [0.2, 0.25) is 0 Å². The maximum absolute atomic E-state index is 12.6. The summed E-state index contributed by atoms with van der Waals surface area (Å²) in [6.45, 7) is 9.10. The van der Waals surface area contributed by atoms with Crippen LogP contribution in [0.1, 0.15) is 45.3 Å². The molecule has 0 aliphatic carbocycles. The summed E-state index contributed by atoms with van der Waals surface area (Å²) in [6, 6.07) is 2.23. The molecule has 2 atom stereocenters. The number of fused-ring (bicyclic) bond motifs is 1.